The highest BCUT2D eigenvalue weighted by Crippen LogP contribution is 2.28. The molecule has 0 spiro atoms. The molecular weight excluding hydrogens is 378 g/mol. The molecule has 0 fully saturated rings. The molecule has 1 unspecified atom stereocenters. The molecule has 0 nitrogen and oxygen atoms in total. The molecule has 2 aromatic rings. The van der Waals surface area contributed by atoms with Crippen LogP contribution in [0.1, 0.15) is 17.0 Å². The minimum Gasteiger partial charge on any atom is -0.207 e. The van der Waals surface area contributed by atoms with E-state index in [1.165, 1.54) is 24.3 Å². The number of rotatable bonds is 4. The molecule has 0 saturated heterocycles. The normalized spacial score (nSPS) is 12.4. The fourth-order valence-corrected chi connectivity index (χ4v) is 3.00. The molecule has 2 rings (SSSR count). The van der Waals surface area contributed by atoms with Gasteiger partial charge in [0.1, 0.15) is 11.6 Å². The predicted octanol–water partition coefficient (Wildman–Crippen LogP) is 5.45. The first-order valence-corrected chi connectivity index (χ1v) is 7.77. The maximum absolute atomic E-state index is 13.3. The van der Waals surface area contributed by atoms with Gasteiger partial charge in [0.25, 0.3) is 0 Å². The van der Waals surface area contributed by atoms with Crippen molar-refractivity contribution in [3.63, 3.8) is 0 Å². The smallest absolute Gasteiger partial charge is 0.123 e. The van der Waals surface area contributed by atoms with Gasteiger partial charge in [-0.2, -0.15) is 0 Å². The highest BCUT2D eigenvalue weighted by Gasteiger charge is 2.14. The van der Waals surface area contributed by atoms with Crippen molar-refractivity contribution in [2.45, 2.75) is 12.3 Å². The van der Waals surface area contributed by atoms with E-state index in [1.807, 2.05) is 6.07 Å². The summed E-state index contributed by atoms with van der Waals surface area (Å²) in [5, 5.41) is 0.694. The Morgan fingerprint density at radius 2 is 1.74 bits per heavy atom. The number of hydrogen-bond acceptors (Lipinski definition) is 0. The van der Waals surface area contributed by atoms with Crippen LogP contribution in [0.2, 0.25) is 0 Å². The summed E-state index contributed by atoms with van der Waals surface area (Å²) in [5.41, 5.74) is 1.79. The van der Waals surface area contributed by atoms with Gasteiger partial charge in [-0.15, -0.1) is 0 Å². The topological polar surface area (TPSA) is 0 Å². The van der Waals surface area contributed by atoms with E-state index in [4.69, 9.17) is 0 Å². The van der Waals surface area contributed by atoms with Gasteiger partial charge in [0.2, 0.25) is 0 Å². The maximum atomic E-state index is 13.3. The SMILES string of the molecule is Fc1cccc(C(CBr)Cc2cc(F)ccc2Br)c1. The molecule has 0 heterocycles. The van der Waals surface area contributed by atoms with Crippen molar-refractivity contribution < 1.29 is 8.78 Å². The van der Waals surface area contributed by atoms with Crippen molar-refractivity contribution in [2.24, 2.45) is 0 Å². The molecule has 0 aromatic heterocycles. The second-order valence-corrected chi connectivity index (χ2v) is 5.85. The van der Waals surface area contributed by atoms with Crippen LogP contribution in [-0.4, -0.2) is 5.33 Å². The summed E-state index contributed by atoms with van der Waals surface area (Å²) in [4.78, 5) is 0. The third-order valence-corrected chi connectivity index (χ3v) is 4.54. The van der Waals surface area contributed by atoms with E-state index < -0.39 is 0 Å². The van der Waals surface area contributed by atoms with Crippen molar-refractivity contribution in [2.75, 3.05) is 5.33 Å². The Hall–Kier alpha value is -0.740. The van der Waals surface area contributed by atoms with Crippen LogP contribution in [-0.2, 0) is 6.42 Å². The Morgan fingerprint density at radius 3 is 2.42 bits per heavy atom. The van der Waals surface area contributed by atoms with Crippen LogP contribution in [0.25, 0.3) is 0 Å². The Balaban J connectivity index is 2.26. The zero-order chi connectivity index (χ0) is 13.8. The van der Waals surface area contributed by atoms with Gasteiger partial charge in [-0.1, -0.05) is 44.0 Å². The van der Waals surface area contributed by atoms with E-state index in [9.17, 15) is 8.78 Å². The van der Waals surface area contributed by atoms with Crippen LogP contribution < -0.4 is 0 Å². The largest absolute Gasteiger partial charge is 0.207 e. The summed E-state index contributed by atoms with van der Waals surface area (Å²) in [5.74, 6) is -0.402. The van der Waals surface area contributed by atoms with E-state index in [1.54, 1.807) is 12.1 Å². The van der Waals surface area contributed by atoms with Crippen LogP contribution in [0.3, 0.4) is 0 Å². The molecule has 19 heavy (non-hydrogen) atoms. The first kappa shape index (κ1) is 14.7. The average molecular weight is 390 g/mol. The minimum atomic E-state index is -0.259. The van der Waals surface area contributed by atoms with E-state index in [0.29, 0.717) is 11.8 Å². The molecule has 0 radical (unpaired) electrons. The summed E-state index contributed by atoms with van der Waals surface area (Å²) < 4.78 is 27.4. The van der Waals surface area contributed by atoms with E-state index in [2.05, 4.69) is 31.9 Å². The van der Waals surface area contributed by atoms with Crippen molar-refractivity contribution >= 4 is 31.9 Å². The first-order chi connectivity index (χ1) is 9.10. The third kappa shape index (κ3) is 3.86. The maximum Gasteiger partial charge on any atom is 0.123 e. The lowest BCUT2D eigenvalue weighted by Gasteiger charge is -2.16. The van der Waals surface area contributed by atoms with Gasteiger partial charge in [0, 0.05) is 9.80 Å². The molecule has 4 heteroatoms. The standard InChI is InChI=1S/C15H12Br2F2/c16-9-12(10-2-1-3-13(18)7-10)6-11-8-14(19)4-5-15(11)17/h1-5,7-8,12H,6,9H2. The van der Waals surface area contributed by atoms with E-state index >= 15 is 0 Å². The summed E-state index contributed by atoms with van der Waals surface area (Å²) >= 11 is 6.87. The summed E-state index contributed by atoms with van der Waals surface area (Å²) in [6, 6.07) is 11.2. The zero-order valence-electron chi connectivity index (χ0n) is 10.0. The van der Waals surface area contributed by atoms with E-state index in [0.717, 1.165) is 15.6 Å². The lowest BCUT2D eigenvalue weighted by Crippen LogP contribution is -2.05. The molecule has 1 atom stereocenters. The van der Waals surface area contributed by atoms with E-state index in [-0.39, 0.29) is 17.6 Å². The van der Waals surface area contributed by atoms with Crippen molar-refractivity contribution in [3.05, 3.63) is 69.7 Å². The summed E-state index contributed by atoms with van der Waals surface area (Å²) in [7, 11) is 0. The van der Waals surface area contributed by atoms with Crippen molar-refractivity contribution in [1.82, 2.24) is 0 Å². The zero-order valence-corrected chi connectivity index (χ0v) is 13.2. The molecule has 0 saturated carbocycles. The number of hydrogen-bond donors (Lipinski definition) is 0. The molecule has 0 amide bonds. The van der Waals surface area contributed by atoms with Crippen LogP contribution in [0, 0.1) is 11.6 Å². The van der Waals surface area contributed by atoms with Crippen LogP contribution >= 0.6 is 31.9 Å². The van der Waals surface area contributed by atoms with Gasteiger partial charge in [-0.3, -0.25) is 0 Å². The Morgan fingerprint density at radius 1 is 1.00 bits per heavy atom. The van der Waals surface area contributed by atoms with Crippen LogP contribution in [0.4, 0.5) is 8.78 Å². The molecular formula is C15H12Br2F2. The van der Waals surface area contributed by atoms with Crippen molar-refractivity contribution in [1.29, 1.82) is 0 Å². The molecule has 0 bridgehead atoms. The number of alkyl halides is 1. The first-order valence-electron chi connectivity index (χ1n) is 5.85. The highest BCUT2D eigenvalue weighted by atomic mass is 79.9. The lowest BCUT2D eigenvalue weighted by atomic mass is 9.93. The summed E-state index contributed by atoms with van der Waals surface area (Å²) in [6.45, 7) is 0. The predicted molar refractivity (Wildman–Crippen MR) is 80.7 cm³/mol. The molecule has 0 aliphatic rings. The Bertz CT molecular complexity index is 570. The van der Waals surface area contributed by atoms with Gasteiger partial charge < -0.3 is 0 Å². The number of halogens is 4. The molecule has 2 aromatic carbocycles. The van der Waals surface area contributed by atoms with Crippen LogP contribution in [0.5, 0.6) is 0 Å². The van der Waals surface area contributed by atoms with Gasteiger partial charge in [-0.25, -0.2) is 8.78 Å². The van der Waals surface area contributed by atoms with Gasteiger partial charge in [0.15, 0.2) is 0 Å². The molecule has 0 N–H and O–H groups in total. The quantitative estimate of drug-likeness (QED) is 0.610. The highest BCUT2D eigenvalue weighted by molar-refractivity contribution is 9.10. The summed E-state index contributed by atoms with van der Waals surface area (Å²) in [6.07, 6.45) is 0.646. The second kappa shape index (κ2) is 6.62. The molecule has 100 valence electrons. The molecule has 0 aliphatic carbocycles. The van der Waals surface area contributed by atoms with Crippen molar-refractivity contribution in [3.8, 4) is 0 Å². The Kier molecular flexibility index (Phi) is 5.11. The monoisotopic (exact) mass is 388 g/mol. The van der Waals surface area contributed by atoms with Gasteiger partial charge >= 0.3 is 0 Å². The van der Waals surface area contributed by atoms with Crippen LogP contribution in [0.15, 0.2) is 46.9 Å². The van der Waals surface area contributed by atoms with Gasteiger partial charge in [-0.05, 0) is 53.8 Å². The average Bonchev–Trinajstić information content (AvgIpc) is 2.39. The second-order valence-electron chi connectivity index (χ2n) is 4.35. The minimum absolute atomic E-state index is 0.105. The lowest BCUT2D eigenvalue weighted by molar-refractivity contribution is 0.617. The fraction of sp³-hybridized carbons (Fsp3) is 0.200. The fourth-order valence-electron chi connectivity index (χ4n) is 1.99. The van der Waals surface area contributed by atoms with Gasteiger partial charge in [0.05, 0.1) is 0 Å². The Labute approximate surface area is 128 Å². The molecule has 0 aliphatic heterocycles. The third-order valence-electron chi connectivity index (χ3n) is 2.98. The number of benzene rings is 2.